The summed E-state index contributed by atoms with van der Waals surface area (Å²) in [5.74, 6) is 0. The highest BCUT2D eigenvalue weighted by Gasteiger charge is 2.52. The largest absolute Gasteiger partial charge is 0.494 e. The molecule has 34 heavy (non-hydrogen) atoms. The van der Waals surface area contributed by atoms with Gasteiger partial charge in [0.1, 0.15) is 0 Å². The second-order valence-corrected chi connectivity index (χ2v) is 11.6. The fourth-order valence-corrected chi connectivity index (χ4v) is 4.71. The molecule has 0 amide bonds. The molecule has 2 aliphatic rings. The van der Waals surface area contributed by atoms with Gasteiger partial charge < -0.3 is 23.2 Å². The Morgan fingerprint density at radius 3 is 1.35 bits per heavy atom. The van der Waals surface area contributed by atoms with Gasteiger partial charge in [-0.25, -0.2) is 0 Å². The number of rotatable bonds is 4. The quantitative estimate of drug-likeness (QED) is 0.424. The lowest BCUT2D eigenvalue weighted by molar-refractivity contribution is 0.00578. The summed E-state index contributed by atoms with van der Waals surface area (Å²) in [4.78, 5) is 0. The summed E-state index contributed by atoms with van der Waals surface area (Å²) in [7, 11) is -0.796. The van der Waals surface area contributed by atoms with E-state index in [-0.39, 0.29) is 22.4 Å². The van der Waals surface area contributed by atoms with E-state index in [1.54, 1.807) is 0 Å². The van der Waals surface area contributed by atoms with Crippen molar-refractivity contribution >= 4 is 47.0 Å². The highest BCUT2D eigenvalue weighted by atomic mass is 16.7. The van der Waals surface area contributed by atoms with Gasteiger partial charge in [-0.15, -0.1) is 6.58 Å². The van der Waals surface area contributed by atoms with Crippen molar-refractivity contribution in [3.63, 3.8) is 0 Å². The second-order valence-electron chi connectivity index (χ2n) is 11.6. The molecule has 0 N–H and O–H groups in total. The van der Waals surface area contributed by atoms with Crippen molar-refractivity contribution in [2.75, 3.05) is 0 Å². The average Bonchev–Trinajstić information content (AvgIpc) is 3.25. The fraction of sp³-hybridized carbons (Fsp3) is 0.481. The second kappa shape index (κ2) is 7.47. The predicted molar refractivity (Wildman–Crippen MR) is 141 cm³/mol. The van der Waals surface area contributed by atoms with Crippen LogP contribution >= 0.6 is 0 Å². The standard InChI is InChI=1S/C27H35B2NO4/c1-10-15-30-22-16-18(28-31-24(2,3)25(4,5)32-28)11-13-20(22)21-14-12-19(17-23(21)30)29-33-26(6,7)27(8,9)34-29/h10-14,16-17H,1,15H2,2-9H3. The first-order chi connectivity index (χ1) is 15.8. The van der Waals surface area contributed by atoms with Crippen LogP contribution in [-0.2, 0) is 25.2 Å². The summed E-state index contributed by atoms with van der Waals surface area (Å²) in [6, 6.07) is 13.0. The first-order valence-corrected chi connectivity index (χ1v) is 12.1. The highest BCUT2D eigenvalue weighted by Crippen LogP contribution is 2.38. The third-order valence-electron chi connectivity index (χ3n) is 8.28. The van der Waals surface area contributed by atoms with Crippen molar-refractivity contribution in [3.05, 3.63) is 49.1 Å². The van der Waals surface area contributed by atoms with Crippen molar-refractivity contribution < 1.29 is 18.6 Å². The molecule has 178 valence electrons. The van der Waals surface area contributed by atoms with Gasteiger partial charge in [-0.3, -0.25) is 0 Å². The van der Waals surface area contributed by atoms with Crippen molar-refractivity contribution in [3.8, 4) is 0 Å². The van der Waals surface area contributed by atoms with Crippen molar-refractivity contribution in [1.82, 2.24) is 4.57 Å². The molecular weight excluding hydrogens is 424 g/mol. The Morgan fingerprint density at radius 2 is 1.03 bits per heavy atom. The molecule has 0 atom stereocenters. The molecule has 2 aliphatic heterocycles. The van der Waals surface area contributed by atoms with E-state index in [0.29, 0.717) is 6.54 Å². The van der Waals surface area contributed by atoms with Crippen LogP contribution in [0.2, 0.25) is 0 Å². The Morgan fingerprint density at radius 1 is 0.676 bits per heavy atom. The SMILES string of the molecule is C=CCn1c2cc(B3OC(C)(C)C(C)(C)O3)ccc2c2ccc(B3OC(C)(C)C(C)(C)O3)cc21. The molecule has 3 heterocycles. The summed E-state index contributed by atoms with van der Waals surface area (Å²) < 4.78 is 27.5. The van der Waals surface area contributed by atoms with Crippen LogP contribution in [0.5, 0.6) is 0 Å². The topological polar surface area (TPSA) is 41.9 Å². The average molecular weight is 459 g/mol. The molecule has 0 bridgehead atoms. The van der Waals surface area contributed by atoms with Gasteiger partial charge in [-0.1, -0.05) is 30.3 Å². The maximum Gasteiger partial charge on any atom is 0.494 e. The van der Waals surface area contributed by atoms with E-state index in [0.717, 1.165) is 22.0 Å². The number of benzene rings is 2. The molecule has 0 aliphatic carbocycles. The van der Waals surface area contributed by atoms with Crippen LogP contribution in [-0.4, -0.2) is 41.2 Å². The van der Waals surface area contributed by atoms with Crippen LogP contribution in [0.1, 0.15) is 55.4 Å². The zero-order valence-electron chi connectivity index (χ0n) is 21.7. The first kappa shape index (κ1) is 23.7. The molecule has 0 saturated carbocycles. The van der Waals surface area contributed by atoms with E-state index in [1.807, 2.05) is 6.08 Å². The molecule has 5 nitrogen and oxygen atoms in total. The summed E-state index contributed by atoms with van der Waals surface area (Å²) >= 11 is 0. The van der Waals surface area contributed by atoms with Crippen molar-refractivity contribution in [1.29, 1.82) is 0 Å². The Hall–Kier alpha value is -2.05. The van der Waals surface area contributed by atoms with Crippen LogP contribution in [0.4, 0.5) is 0 Å². The molecular formula is C27H35B2NO4. The predicted octanol–water partition coefficient (Wildman–Crippen LogP) is 4.58. The van der Waals surface area contributed by atoms with Gasteiger partial charge in [0.2, 0.25) is 0 Å². The molecule has 1 aromatic heterocycles. The molecule has 2 fully saturated rings. The van der Waals surface area contributed by atoms with Crippen LogP contribution in [0.3, 0.4) is 0 Å². The van der Waals surface area contributed by atoms with Crippen LogP contribution in [0.15, 0.2) is 49.1 Å². The number of fused-ring (bicyclic) bond motifs is 3. The summed E-state index contributed by atoms with van der Waals surface area (Å²) in [6.45, 7) is 21.3. The zero-order chi connectivity index (χ0) is 24.7. The van der Waals surface area contributed by atoms with Gasteiger partial charge >= 0.3 is 14.2 Å². The number of allylic oxidation sites excluding steroid dienone is 1. The Kier molecular flexibility index (Phi) is 5.20. The minimum atomic E-state index is -0.398. The molecule has 3 aromatic rings. The molecule has 0 radical (unpaired) electrons. The monoisotopic (exact) mass is 459 g/mol. The zero-order valence-corrected chi connectivity index (χ0v) is 21.7. The number of aromatic nitrogens is 1. The number of nitrogens with zero attached hydrogens (tertiary/aromatic N) is 1. The van der Waals surface area contributed by atoms with E-state index < -0.39 is 14.2 Å². The third kappa shape index (κ3) is 3.48. The number of hydrogen-bond acceptors (Lipinski definition) is 4. The summed E-state index contributed by atoms with van der Waals surface area (Å²) in [5.41, 5.74) is 2.80. The van der Waals surface area contributed by atoms with Gasteiger partial charge in [0.05, 0.1) is 22.4 Å². The maximum absolute atomic E-state index is 6.31. The summed E-state index contributed by atoms with van der Waals surface area (Å²) in [5, 5.41) is 2.38. The van der Waals surface area contributed by atoms with Crippen LogP contribution < -0.4 is 10.9 Å². The Labute approximate surface area is 203 Å². The van der Waals surface area contributed by atoms with Gasteiger partial charge in [0, 0.05) is 28.4 Å². The van der Waals surface area contributed by atoms with Gasteiger partial charge in [0.25, 0.3) is 0 Å². The highest BCUT2D eigenvalue weighted by molar-refractivity contribution is 6.63. The minimum absolute atomic E-state index is 0.377. The smallest absolute Gasteiger partial charge is 0.399 e. The summed E-state index contributed by atoms with van der Waals surface area (Å²) in [6.07, 6.45) is 1.93. The Bertz CT molecular complexity index is 1170. The first-order valence-electron chi connectivity index (χ1n) is 12.1. The van der Waals surface area contributed by atoms with E-state index in [1.165, 1.54) is 10.8 Å². The normalized spacial score (nSPS) is 22.7. The molecule has 5 rings (SSSR count). The van der Waals surface area contributed by atoms with E-state index >= 15 is 0 Å². The van der Waals surface area contributed by atoms with E-state index in [4.69, 9.17) is 18.6 Å². The van der Waals surface area contributed by atoms with E-state index in [9.17, 15) is 0 Å². The van der Waals surface area contributed by atoms with Gasteiger partial charge in [0.15, 0.2) is 0 Å². The van der Waals surface area contributed by atoms with Crippen LogP contribution in [0.25, 0.3) is 21.8 Å². The fourth-order valence-electron chi connectivity index (χ4n) is 4.71. The molecule has 2 saturated heterocycles. The number of hydrogen-bond donors (Lipinski definition) is 0. The molecule has 7 heteroatoms. The van der Waals surface area contributed by atoms with Crippen LogP contribution in [0, 0.1) is 0 Å². The maximum atomic E-state index is 6.31. The van der Waals surface area contributed by atoms with Crippen molar-refractivity contribution in [2.24, 2.45) is 0 Å². The lowest BCUT2D eigenvalue weighted by Gasteiger charge is -2.32. The van der Waals surface area contributed by atoms with Gasteiger partial charge in [-0.2, -0.15) is 0 Å². The minimum Gasteiger partial charge on any atom is -0.399 e. The van der Waals surface area contributed by atoms with E-state index in [2.05, 4.69) is 103 Å². The lowest BCUT2D eigenvalue weighted by Crippen LogP contribution is -2.41. The Balaban J connectivity index is 1.60. The van der Waals surface area contributed by atoms with Crippen molar-refractivity contribution in [2.45, 2.75) is 84.3 Å². The lowest BCUT2D eigenvalue weighted by atomic mass is 9.78. The van der Waals surface area contributed by atoms with Gasteiger partial charge in [-0.05, 0) is 78.4 Å². The molecule has 0 unspecified atom stereocenters. The third-order valence-corrected chi connectivity index (χ3v) is 8.28. The molecule has 0 spiro atoms. The molecule has 2 aromatic carbocycles.